The molecule has 0 saturated carbocycles. The molecule has 3 aromatic rings. The first-order chi connectivity index (χ1) is 14.0. The standard InChI is InChI=1S/C23H21N3O2S/c1-15-6-4-7-16(14-15)24-21-20(19-8-5-13-29-19)22(27)26(23(21)28)18-11-9-17(10-12-18)25(2)3/h4-14,24H,1-3H3. The van der Waals surface area contributed by atoms with Gasteiger partial charge in [-0.15, -0.1) is 11.3 Å². The van der Waals surface area contributed by atoms with Gasteiger partial charge < -0.3 is 10.2 Å². The molecule has 0 spiro atoms. The third kappa shape index (κ3) is 3.54. The number of nitrogens with zero attached hydrogens (tertiary/aromatic N) is 2. The van der Waals surface area contributed by atoms with Crippen LogP contribution >= 0.6 is 11.3 Å². The Labute approximate surface area is 173 Å². The smallest absolute Gasteiger partial charge is 0.282 e. The number of nitrogens with one attached hydrogen (secondary N) is 1. The van der Waals surface area contributed by atoms with E-state index in [1.165, 1.54) is 16.2 Å². The number of aryl methyl sites for hydroxylation is 1. The van der Waals surface area contributed by atoms with Crippen LogP contribution in [-0.4, -0.2) is 25.9 Å². The molecule has 0 fully saturated rings. The van der Waals surface area contributed by atoms with Crippen LogP contribution in [0.4, 0.5) is 17.1 Å². The molecule has 29 heavy (non-hydrogen) atoms. The summed E-state index contributed by atoms with van der Waals surface area (Å²) in [7, 11) is 3.89. The van der Waals surface area contributed by atoms with Gasteiger partial charge in [0.25, 0.3) is 11.8 Å². The van der Waals surface area contributed by atoms with Gasteiger partial charge in [-0.3, -0.25) is 9.59 Å². The summed E-state index contributed by atoms with van der Waals surface area (Å²) in [5.41, 5.74) is 4.11. The molecule has 0 saturated heterocycles. The Balaban J connectivity index is 1.75. The van der Waals surface area contributed by atoms with E-state index in [0.29, 0.717) is 17.0 Å². The van der Waals surface area contributed by atoms with Gasteiger partial charge in [0.15, 0.2) is 0 Å². The first kappa shape index (κ1) is 19.0. The number of imide groups is 1. The van der Waals surface area contributed by atoms with E-state index < -0.39 is 0 Å². The maximum atomic E-state index is 13.3. The minimum absolute atomic E-state index is 0.305. The monoisotopic (exact) mass is 403 g/mol. The van der Waals surface area contributed by atoms with Crippen LogP contribution in [0.3, 0.4) is 0 Å². The summed E-state index contributed by atoms with van der Waals surface area (Å²) in [5.74, 6) is -0.664. The molecule has 1 N–H and O–H groups in total. The Hall–Kier alpha value is -3.38. The largest absolute Gasteiger partial charge is 0.378 e. The van der Waals surface area contributed by atoms with Crippen LogP contribution < -0.4 is 15.1 Å². The molecule has 0 aliphatic carbocycles. The van der Waals surface area contributed by atoms with Gasteiger partial charge in [-0.2, -0.15) is 0 Å². The normalized spacial score (nSPS) is 14.0. The fraction of sp³-hybridized carbons (Fsp3) is 0.130. The summed E-state index contributed by atoms with van der Waals surface area (Å²) in [6.07, 6.45) is 0. The Morgan fingerprint density at radius 1 is 0.931 bits per heavy atom. The zero-order valence-corrected chi connectivity index (χ0v) is 17.3. The van der Waals surface area contributed by atoms with E-state index in [1.807, 2.05) is 79.8 Å². The number of carbonyl (C=O) groups is 2. The first-order valence-electron chi connectivity index (χ1n) is 9.24. The molecule has 2 amide bonds. The lowest BCUT2D eigenvalue weighted by Crippen LogP contribution is -2.32. The van der Waals surface area contributed by atoms with E-state index in [0.717, 1.165) is 21.8 Å². The summed E-state index contributed by atoms with van der Waals surface area (Å²) in [5, 5.41) is 5.10. The molecular formula is C23H21N3O2S. The Morgan fingerprint density at radius 2 is 1.69 bits per heavy atom. The summed E-state index contributed by atoms with van der Waals surface area (Å²) < 4.78 is 0. The first-order valence-corrected chi connectivity index (χ1v) is 10.1. The number of carbonyl (C=O) groups excluding carboxylic acids is 2. The third-order valence-electron chi connectivity index (χ3n) is 4.76. The molecule has 0 atom stereocenters. The van der Waals surface area contributed by atoms with Gasteiger partial charge in [-0.05, 0) is 60.3 Å². The highest BCUT2D eigenvalue weighted by atomic mass is 32.1. The van der Waals surface area contributed by atoms with Crippen molar-refractivity contribution in [1.29, 1.82) is 0 Å². The van der Waals surface area contributed by atoms with Crippen molar-refractivity contribution in [3.63, 3.8) is 0 Å². The lowest BCUT2D eigenvalue weighted by molar-refractivity contribution is -0.120. The molecule has 0 radical (unpaired) electrons. The lowest BCUT2D eigenvalue weighted by Gasteiger charge is -2.18. The van der Waals surface area contributed by atoms with Gasteiger partial charge >= 0.3 is 0 Å². The van der Waals surface area contributed by atoms with Crippen molar-refractivity contribution >= 4 is 45.8 Å². The maximum Gasteiger partial charge on any atom is 0.282 e. The highest BCUT2D eigenvalue weighted by Crippen LogP contribution is 2.36. The SMILES string of the molecule is Cc1cccc(NC2=C(c3cccs3)C(=O)N(c3ccc(N(C)C)cc3)C2=O)c1. The number of rotatable bonds is 5. The minimum atomic E-state index is -0.350. The molecule has 6 heteroatoms. The van der Waals surface area contributed by atoms with Gasteiger partial charge in [0, 0.05) is 30.3 Å². The zero-order valence-electron chi connectivity index (χ0n) is 16.5. The van der Waals surface area contributed by atoms with E-state index in [-0.39, 0.29) is 11.8 Å². The molecule has 2 aromatic carbocycles. The van der Waals surface area contributed by atoms with Crippen LogP contribution in [0.25, 0.3) is 5.57 Å². The van der Waals surface area contributed by atoms with Crippen LogP contribution in [0, 0.1) is 6.92 Å². The van der Waals surface area contributed by atoms with Crippen LogP contribution in [0.1, 0.15) is 10.4 Å². The second-order valence-corrected chi connectivity index (χ2v) is 8.03. The second-order valence-electron chi connectivity index (χ2n) is 7.08. The van der Waals surface area contributed by atoms with E-state index in [1.54, 1.807) is 12.1 Å². The molecule has 1 aliphatic heterocycles. The maximum absolute atomic E-state index is 13.3. The Morgan fingerprint density at radius 3 is 2.31 bits per heavy atom. The quantitative estimate of drug-likeness (QED) is 0.637. The summed E-state index contributed by atoms with van der Waals surface area (Å²) in [6, 6.07) is 18.9. The Bertz CT molecular complexity index is 1100. The number of anilines is 3. The van der Waals surface area contributed by atoms with Crippen LogP contribution in [0.5, 0.6) is 0 Å². The minimum Gasteiger partial charge on any atom is -0.378 e. The van der Waals surface area contributed by atoms with Crippen LogP contribution in [-0.2, 0) is 9.59 Å². The van der Waals surface area contributed by atoms with E-state index >= 15 is 0 Å². The van der Waals surface area contributed by atoms with E-state index in [2.05, 4.69) is 5.32 Å². The summed E-state index contributed by atoms with van der Waals surface area (Å²) >= 11 is 1.44. The fourth-order valence-electron chi connectivity index (χ4n) is 3.30. The van der Waals surface area contributed by atoms with Crippen molar-refractivity contribution in [2.45, 2.75) is 6.92 Å². The van der Waals surface area contributed by atoms with Gasteiger partial charge in [0.2, 0.25) is 0 Å². The molecule has 0 bridgehead atoms. The van der Waals surface area contributed by atoms with Crippen molar-refractivity contribution in [2.24, 2.45) is 0 Å². The molecule has 1 aromatic heterocycles. The van der Waals surface area contributed by atoms with Crippen molar-refractivity contribution in [3.8, 4) is 0 Å². The van der Waals surface area contributed by atoms with Gasteiger partial charge in [0.05, 0.1) is 11.3 Å². The van der Waals surface area contributed by atoms with E-state index in [4.69, 9.17) is 0 Å². The highest BCUT2D eigenvalue weighted by molar-refractivity contribution is 7.11. The van der Waals surface area contributed by atoms with Crippen molar-refractivity contribution in [2.75, 3.05) is 29.2 Å². The lowest BCUT2D eigenvalue weighted by atomic mass is 10.1. The topological polar surface area (TPSA) is 52.7 Å². The third-order valence-corrected chi connectivity index (χ3v) is 5.65. The van der Waals surface area contributed by atoms with Gasteiger partial charge in [0.1, 0.15) is 5.70 Å². The van der Waals surface area contributed by atoms with Crippen LogP contribution in [0.15, 0.2) is 71.7 Å². The highest BCUT2D eigenvalue weighted by Gasteiger charge is 2.40. The number of amides is 2. The number of hydrogen-bond acceptors (Lipinski definition) is 5. The predicted octanol–water partition coefficient (Wildman–Crippen LogP) is 4.52. The molecule has 4 rings (SSSR count). The fourth-order valence-corrected chi connectivity index (χ4v) is 4.06. The molecule has 5 nitrogen and oxygen atoms in total. The second kappa shape index (κ2) is 7.56. The number of benzene rings is 2. The van der Waals surface area contributed by atoms with E-state index in [9.17, 15) is 9.59 Å². The number of hydrogen-bond donors (Lipinski definition) is 1. The number of thiophene rings is 1. The molecular weight excluding hydrogens is 382 g/mol. The van der Waals surface area contributed by atoms with Crippen molar-refractivity contribution in [1.82, 2.24) is 0 Å². The van der Waals surface area contributed by atoms with Crippen molar-refractivity contribution < 1.29 is 9.59 Å². The van der Waals surface area contributed by atoms with Crippen molar-refractivity contribution in [3.05, 3.63) is 82.2 Å². The average Bonchev–Trinajstić information content (AvgIpc) is 3.29. The predicted molar refractivity (Wildman–Crippen MR) is 119 cm³/mol. The molecule has 146 valence electrons. The molecule has 1 aliphatic rings. The zero-order chi connectivity index (χ0) is 20.5. The Kier molecular flexibility index (Phi) is 4.94. The van der Waals surface area contributed by atoms with Gasteiger partial charge in [-0.25, -0.2) is 4.90 Å². The molecule has 2 heterocycles. The van der Waals surface area contributed by atoms with Gasteiger partial charge in [-0.1, -0.05) is 18.2 Å². The molecule has 0 unspecified atom stereocenters. The van der Waals surface area contributed by atoms with Crippen LogP contribution in [0.2, 0.25) is 0 Å². The summed E-state index contributed by atoms with van der Waals surface area (Å²) in [6.45, 7) is 1.99. The summed E-state index contributed by atoms with van der Waals surface area (Å²) in [4.78, 5) is 30.6. The average molecular weight is 404 g/mol.